The van der Waals surface area contributed by atoms with Crippen molar-refractivity contribution in [3.63, 3.8) is 0 Å². The van der Waals surface area contributed by atoms with E-state index in [4.69, 9.17) is 13.9 Å². The summed E-state index contributed by atoms with van der Waals surface area (Å²) >= 11 is 1.22. The third-order valence-corrected chi connectivity index (χ3v) is 8.27. The van der Waals surface area contributed by atoms with Gasteiger partial charge in [-0.1, -0.05) is 30.3 Å². The summed E-state index contributed by atoms with van der Waals surface area (Å²) in [6, 6.07) is 9.57. The van der Waals surface area contributed by atoms with Crippen molar-refractivity contribution < 1.29 is 23.8 Å². The van der Waals surface area contributed by atoms with Crippen LogP contribution in [0.15, 0.2) is 56.8 Å². The van der Waals surface area contributed by atoms with Crippen molar-refractivity contribution in [2.45, 2.75) is 57.9 Å². The Labute approximate surface area is 222 Å². The highest BCUT2D eigenvalue weighted by molar-refractivity contribution is 7.22. The number of aromatic nitrogens is 3. The summed E-state index contributed by atoms with van der Waals surface area (Å²) in [5, 5.41) is 10.2. The van der Waals surface area contributed by atoms with Crippen molar-refractivity contribution in [2.24, 2.45) is 0 Å². The molecule has 3 aromatic heterocycles. The third kappa shape index (κ3) is 4.61. The summed E-state index contributed by atoms with van der Waals surface area (Å²) in [7, 11) is 0. The van der Waals surface area contributed by atoms with Gasteiger partial charge in [0.25, 0.3) is 5.56 Å². The van der Waals surface area contributed by atoms with E-state index in [0.29, 0.717) is 34.4 Å². The first-order valence-electron chi connectivity index (χ1n) is 12.4. The van der Waals surface area contributed by atoms with Crippen molar-refractivity contribution in [2.75, 3.05) is 13.2 Å². The number of aliphatic carboxylic acids is 1. The number of carboxylic acids is 1. The number of hydrogen-bond acceptors (Lipinski definition) is 8. The van der Waals surface area contributed by atoms with E-state index in [0.717, 1.165) is 23.0 Å². The van der Waals surface area contributed by atoms with Gasteiger partial charge in [0.05, 0.1) is 29.1 Å². The van der Waals surface area contributed by atoms with E-state index in [1.807, 2.05) is 30.3 Å². The van der Waals surface area contributed by atoms with Gasteiger partial charge in [-0.25, -0.2) is 19.1 Å². The maximum atomic E-state index is 14.0. The Morgan fingerprint density at radius 3 is 2.58 bits per heavy atom. The molecule has 1 aliphatic rings. The third-order valence-electron chi connectivity index (χ3n) is 6.97. The highest BCUT2D eigenvalue weighted by Crippen LogP contribution is 2.36. The van der Waals surface area contributed by atoms with Gasteiger partial charge in [0.2, 0.25) is 5.89 Å². The standard InChI is InChI=1S/C27H29N3O7S/c1-16-20-23(31)30(27(2,3)25(32)33)26(34)29(24(20)38-21(16)22-28-11-14-36-22)15-19(17-7-5-4-6-8-17)37-18-9-12-35-13-10-18/h4-8,11,14,18-19H,9-10,12-13,15H2,1-3H3,(H,32,33). The Balaban J connectivity index is 1.74. The van der Waals surface area contributed by atoms with Crippen LogP contribution in [-0.2, 0) is 26.4 Å². The molecule has 0 saturated carbocycles. The van der Waals surface area contributed by atoms with Gasteiger partial charge >= 0.3 is 11.7 Å². The molecule has 4 aromatic rings. The smallest absolute Gasteiger partial charge is 0.333 e. The van der Waals surface area contributed by atoms with Crippen LogP contribution in [0.1, 0.15) is 43.9 Å². The second-order valence-electron chi connectivity index (χ2n) is 9.82. The molecule has 1 atom stereocenters. The van der Waals surface area contributed by atoms with E-state index >= 15 is 0 Å². The van der Waals surface area contributed by atoms with Crippen LogP contribution in [0.2, 0.25) is 0 Å². The normalized spacial score (nSPS) is 15.7. The van der Waals surface area contributed by atoms with Crippen molar-refractivity contribution in [3.8, 4) is 10.8 Å². The lowest BCUT2D eigenvalue weighted by Gasteiger charge is -2.29. The first-order chi connectivity index (χ1) is 18.2. The summed E-state index contributed by atoms with van der Waals surface area (Å²) in [6.45, 7) is 5.71. The predicted molar refractivity (Wildman–Crippen MR) is 142 cm³/mol. The Morgan fingerprint density at radius 2 is 1.95 bits per heavy atom. The Bertz CT molecular complexity index is 1560. The van der Waals surface area contributed by atoms with Gasteiger partial charge in [-0.15, -0.1) is 11.3 Å². The number of carboxylic acid groups (broad SMARTS) is 1. The number of fused-ring (bicyclic) bond motifs is 1. The van der Waals surface area contributed by atoms with Gasteiger partial charge in [-0.2, -0.15) is 0 Å². The number of carbonyl (C=O) groups is 1. The van der Waals surface area contributed by atoms with Gasteiger partial charge in [0.1, 0.15) is 22.7 Å². The number of oxazole rings is 1. The molecule has 0 radical (unpaired) electrons. The zero-order chi connectivity index (χ0) is 27.0. The molecule has 200 valence electrons. The van der Waals surface area contributed by atoms with E-state index in [1.165, 1.54) is 42.2 Å². The molecular weight excluding hydrogens is 510 g/mol. The molecular formula is C27H29N3O7S. The maximum Gasteiger partial charge on any atom is 0.333 e. The van der Waals surface area contributed by atoms with Crippen LogP contribution in [0.4, 0.5) is 0 Å². The number of nitrogens with zero attached hydrogens (tertiary/aromatic N) is 3. The summed E-state index contributed by atoms with van der Waals surface area (Å²) in [6.07, 6.45) is 3.81. The lowest BCUT2D eigenvalue weighted by molar-refractivity contribution is -0.146. The number of rotatable bonds is 8. The molecule has 38 heavy (non-hydrogen) atoms. The molecule has 1 aromatic carbocycles. The predicted octanol–water partition coefficient (Wildman–Crippen LogP) is 3.94. The monoisotopic (exact) mass is 539 g/mol. The van der Waals surface area contributed by atoms with Crippen molar-refractivity contribution in [1.29, 1.82) is 0 Å². The van der Waals surface area contributed by atoms with Crippen molar-refractivity contribution >= 4 is 27.5 Å². The Kier molecular flexibility index (Phi) is 7.08. The quantitative estimate of drug-likeness (QED) is 0.357. The average Bonchev–Trinajstić information content (AvgIpc) is 3.55. The van der Waals surface area contributed by atoms with E-state index in [-0.39, 0.29) is 18.0 Å². The molecule has 5 rings (SSSR count). The SMILES string of the molecule is Cc1c(-c2ncco2)sc2c1c(=O)n(C(C)(C)C(=O)O)c(=O)n2CC(OC1CCOCC1)c1ccccc1. The molecule has 0 aliphatic carbocycles. The highest BCUT2D eigenvalue weighted by Gasteiger charge is 2.36. The molecule has 4 heterocycles. The zero-order valence-electron chi connectivity index (χ0n) is 21.4. The number of aryl methyl sites for hydroxylation is 1. The minimum atomic E-state index is -1.79. The summed E-state index contributed by atoms with van der Waals surface area (Å²) < 4.78 is 19.8. The van der Waals surface area contributed by atoms with E-state index in [9.17, 15) is 19.5 Å². The number of ether oxygens (including phenoxy) is 2. The number of benzene rings is 1. The van der Waals surface area contributed by atoms with Crippen molar-refractivity contribution in [1.82, 2.24) is 14.1 Å². The molecule has 1 saturated heterocycles. The molecule has 10 nitrogen and oxygen atoms in total. The Morgan fingerprint density at radius 1 is 1.24 bits per heavy atom. The second kappa shape index (κ2) is 10.3. The van der Waals surface area contributed by atoms with Crippen LogP contribution >= 0.6 is 11.3 Å². The van der Waals surface area contributed by atoms with Crippen LogP contribution < -0.4 is 11.2 Å². The topological polar surface area (TPSA) is 126 Å². The fraction of sp³-hybridized carbons (Fsp3) is 0.407. The first kappa shape index (κ1) is 26.1. The van der Waals surface area contributed by atoms with Gasteiger partial charge in [0, 0.05) is 13.2 Å². The lowest BCUT2D eigenvalue weighted by Crippen LogP contribution is -2.52. The fourth-order valence-electron chi connectivity index (χ4n) is 4.74. The average molecular weight is 540 g/mol. The molecule has 1 aliphatic heterocycles. The van der Waals surface area contributed by atoms with Crippen molar-refractivity contribution in [3.05, 3.63) is 74.8 Å². The zero-order valence-corrected chi connectivity index (χ0v) is 22.2. The molecule has 0 bridgehead atoms. The lowest BCUT2D eigenvalue weighted by atomic mass is 10.1. The summed E-state index contributed by atoms with van der Waals surface area (Å²) in [4.78, 5) is 45.1. The number of hydrogen-bond donors (Lipinski definition) is 1. The van der Waals surface area contributed by atoms with Gasteiger partial charge in [-0.05, 0) is 44.7 Å². The molecule has 11 heteroatoms. The largest absolute Gasteiger partial charge is 0.480 e. The van der Waals surface area contributed by atoms with Gasteiger partial charge in [-0.3, -0.25) is 9.36 Å². The summed E-state index contributed by atoms with van der Waals surface area (Å²) in [5.74, 6) is -0.967. The Hall–Kier alpha value is -3.54. The summed E-state index contributed by atoms with van der Waals surface area (Å²) in [5.41, 5.74) is -1.72. The van der Waals surface area contributed by atoms with Crippen LogP contribution in [-0.4, -0.2) is 44.5 Å². The minimum Gasteiger partial charge on any atom is -0.480 e. The van der Waals surface area contributed by atoms with Crippen LogP contribution in [0, 0.1) is 6.92 Å². The van der Waals surface area contributed by atoms with Gasteiger partial charge < -0.3 is 19.0 Å². The first-order valence-corrected chi connectivity index (χ1v) is 13.2. The van der Waals surface area contributed by atoms with Crippen LogP contribution in [0.5, 0.6) is 0 Å². The molecule has 1 unspecified atom stereocenters. The molecule has 1 fully saturated rings. The van der Waals surface area contributed by atoms with Crippen LogP contribution in [0.3, 0.4) is 0 Å². The van der Waals surface area contributed by atoms with E-state index < -0.39 is 28.9 Å². The second-order valence-corrected chi connectivity index (χ2v) is 10.8. The fourth-order valence-corrected chi connectivity index (χ4v) is 5.98. The minimum absolute atomic E-state index is 0.0607. The number of thiophene rings is 1. The van der Waals surface area contributed by atoms with E-state index in [1.54, 1.807) is 6.92 Å². The van der Waals surface area contributed by atoms with Gasteiger partial charge in [0.15, 0.2) is 0 Å². The van der Waals surface area contributed by atoms with Crippen LogP contribution in [0.25, 0.3) is 21.0 Å². The molecule has 0 amide bonds. The van der Waals surface area contributed by atoms with E-state index in [2.05, 4.69) is 4.98 Å². The highest BCUT2D eigenvalue weighted by atomic mass is 32.1. The maximum absolute atomic E-state index is 14.0. The molecule has 1 N–H and O–H groups in total. The molecule has 0 spiro atoms.